The largest absolute Gasteiger partial charge is 0.461 e. The lowest BCUT2D eigenvalue weighted by atomic mass is 10.2. The molecule has 0 spiro atoms. The number of carbonyl (C=O) groups excluding carboxylic acids is 1. The number of carbonyl (C=O) groups is 1. The Morgan fingerprint density at radius 1 is 1.15 bits per heavy atom. The first-order chi connectivity index (χ1) is 12.4. The number of rotatable bonds is 7. The van der Waals surface area contributed by atoms with Crippen LogP contribution in [0.1, 0.15) is 31.4 Å². The lowest BCUT2D eigenvalue weighted by molar-refractivity contribution is 0.101. The fourth-order valence-electron chi connectivity index (χ4n) is 2.19. The highest BCUT2D eigenvalue weighted by molar-refractivity contribution is 7.92. The molecule has 1 N–H and O–H groups in total. The summed E-state index contributed by atoms with van der Waals surface area (Å²) in [6.07, 6.45) is 2.98. The van der Waals surface area contributed by atoms with Crippen LogP contribution in [0.25, 0.3) is 6.08 Å². The van der Waals surface area contributed by atoms with E-state index >= 15 is 0 Å². The first-order valence-electron chi connectivity index (χ1n) is 7.84. The van der Waals surface area contributed by atoms with Gasteiger partial charge in [0.1, 0.15) is 0 Å². The Morgan fingerprint density at radius 2 is 1.92 bits per heavy atom. The lowest BCUT2D eigenvalue weighted by Crippen LogP contribution is -2.19. The molecule has 0 amide bonds. The zero-order valence-electron chi connectivity index (χ0n) is 14.0. The molecule has 134 valence electrons. The molecule has 0 saturated heterocycles. The van der Waals surface area contributed by atoms with Crippen LogP contribution >= 0.6 is 11.3 Å². The molecular formula is C19H17NO4S2. The van der Waals surface area contributed by atoms with Gasteiger partial charge in [0.05, 0.1) is 11.1 Å². The summed E-state index contributed by atoms with van der Waals surface area (Å²) in [5, 5.41) is 1.14. The van der Waals surface area contributed by atoms with Gasteiger partial charge in [0.25, 0.3) is 0 Å². The highest BCUT2D eigenvalue weighted by Gasteiger charge is 2.15. The summed E-state index contributed by atoms with van der Waals surface area (Å²) in [5.74, 6) is 0.0494. The number of ketones is 1. The minimum absolute atomic E-state index is 0.122. The molecule has 0 unspecified atom stereocenters. The van der Waals surface area contributed by atoms with Gasteiger partial charge in [0, 0.05) is 16.8 Å². The maximum Gasteiger partial charge on any atom is 0.238 e. The quantitative estimate of drug-likeness (QED) is 0.622. The van der Waals surface area contributed by atoms with Crippen LogP contribution in [0, 0.1) is 6.92 Å². The van der Waals surface area contributed by atoms with Gasteiger partial charge >= 0.3 is 0 Å². The number of hydrogen-bond donors (Lipinski definition) is 1. The van der Waals surface area contributed by atoms with Gasteiger partial charge in [-0.1, -0.05) is 29.8 Å². The summed E-state index contributed by atoms with van der Waals surface area (Å²) in [7, 11) is -3.57. The Bertz CT molecular complexity index is 1010. The van der Waals surface area contributed by atoms with E-state index in [9.17, 15) is 13.2 Å². The summed E-state index contributed by atoms with van der Waals surface area (Å²) in [4.78, 5) is 13.4. The fraction of sp³-hybridized carbons (Fsp3) is 0.105. The molecule has 5 nitrogen and oxygen atoms in total. The normalized spacial score (nSPS) is 11.9. The number of benzene rings is 1. The zero-order valence-corrected chi connectivity index (χ0v) is 15.6. The average Bonchev–Trinajstić information content (AvgIpc) is 3.31. The Labute approximate surface area is 156 Å². The van der Waals surface area contributed by atoms with Crippen LogP contribution in [0.5, 0.6) is 0 Å². The van der Waals surface area contributed by atoms with E-state index in [1.165, 1.54) is 17.6 Å². The second-order valence-corrected chi connectivity index (χ2v) is 8.47. The fourth-order valence-corrected chi connectivity index (χ4v) is 3.96. The van der Waals surface area contributed by atoms with Crippen LogP contribution in [-0.4, -0.2) is 14.2 Å². The molecule has 0 radical (unpaired) electrons. The summed E-state index contributed by atoms with van der Waals surface area (Å²) >= 11 is 1.24. The highest BCUT2D eigenvalue weighted by atomic mass is 32.2. The molecule has 26 heavy (non-hydrogen) atoms. The first kappa shape index (κ1) is 18.3. The van der Waals surface area contributed by atoms with Crippen LogP contribution < -0.4 is 4.72 Å². The van der Waals surface area contributed by atoms with Gasteiger partial charge in [-0.05, 0) is 42.8 Å². The van der Waals surface area contributed by atoms with Gasteiger partial charge in [-0.2, -0.15) is 0 Å². The molecule has 3 rings (SSSR count). The molecule has 7 heteroatoms. The number of nitrogens with one attached hydrogen (secondary N) is 1. The SMILES string of the molecule is Cc1ccc(/C=C/S(=O)(=O)NCc2ccc(C(=O)c3ccco3)s2)cc1. The maximum atomic E-state index is 12.2. The molecule has 0 aliphatic carbocycles. The van der Waals surface area contributed by atoms with Gasteiger partial charge in [-0.3, -0.25) is 4.79 Å². The number of aryl methyl sites for hydroxylation is 1. The number of furan rings is 1. The third-order valence-electron chi connectivity index (χ3n) is 3.59. The molecule has 1 aromatic carbocycles. The van der Waals surface area contributed by atoms with Crippen molar-refractivity contribution in [1.29, 1.82) is 0 Å². The van der Waals surface area contributed by atoms with E-state index in [-0.39, 0.29) is 18.1 Å². The Hall–Kier alpha value is -2.48. The molecule has 2 aromatic heterocycles. The Morgan fingerprint density at radius 3 is 2.62 bits per heavy atom. The van der Waals surface area contributed by atoms with Crippen LogP contribution in [0.15, 0.2) is 64.6 Å². The van der Waals surface area contributed by atoms with E-state index in [1.54, 1.807) is 30.3 Å². The monoisotopic (exact) mass is 387 g/mol. The number of thiophene rings is 1. The van der Waals surface area contributed by atoms with Crippen molar-refractivity contribution in [2.24, 2.45) is 0 Å². The Kier molecular flexibility index (Phi) is 5.51. The van der Waals surface area contributed by atoms with Crippen molar-refractivity contribution in [3.63, 3.8) is 0 Å². The first-order valence-corrected chi connectivity index (χ1v) is 10.2. The molecule has 0 aliphatic rings. The molecule has 0 saturated carbocycles. The van der Waals surface area contributed by atoms with Crippen LogP contribution in [0.3, 0.4) is 0 Å². The van der Waals surface area contributed by atoms with E-state index in [0.29, 0.717) is 4.88 Å². The average molecular weight is 387 g/mol. The van der Waals surface area contributed by atoms with Gasteiger partial charge in [0.15, 0.2) is 5.76 Å². The summed E-state index contributed by atoms with van der Waals surface area (Å²) in [5.41, 5.74) is 1.92. The number of hydrogen-bond acceptors (Lipinski definition) is 5. The molecule has 0 bridgehead atoms. The van der Waals surface area contributed by atoms with Crippen molar-refractivity contribution in [1.82, 2.24) is 4.72 Å². The second kappa shape index (κ2) is 7.82. The molecule has 0 atom stereocenters. The van der Waals surface area contributed by atoms with Crippen molar-refractivity contribution in [2.75, 3.05) is 0 Å². The van der Waals surface area contributed by atoms with Crippen LogP contribution in [0.2, 0.25) is 0 Å². The third kappa shape index (κ3) is 4.78. The molecule has 0 fully saturated rings. The zero-order chi connectivity index (χ0) is 18.6. The van der Waals surface area contributed by atoms with E-state index in [1.807, 2.05) is 31.2 Å². The summed E-state index contributed by atoms with van der Waals surface area (Å²) in [6.45, 7) is 2.09. The van der Waals surface area contributed by atoms with Gasteiger partial charge in [0.2, 0.25) is 15.8 Å². The van der Waals surface area contributed by atoms with Crippen molar-refractivity contribution in [3.05, 3.63) is 86.8 Å². The molecular weight excluding hydrogens is 370 g/mol. The third-order valence-corrected chi connectivity index (χ3v) is 5.72. The van der Waals surface area contributed by atoms with E-state index in [4.69, 9.17) is 4.42 Å². The van der Waals surface area contributed by atoms with Crippen LogP contribution in [0.4, 0.5) is 0 Å². The molecule has 3 aromatic rings. The second-order valence-electron chi connectivity index (χ2n) is 5.65. The number of sulfonamides is 1. The maximum absolute atomic E-state index is 12.2. The van der Waals surface area contributed by atoms with Gasteiger partial charge in [-0.25, -0.2) is 13.1 Å². The highest BCUT2D eigenvalue weighted by Crippen LogP contribution is 2.20. The topological polar surface area (TPSA) is 76.4 Å². The predicted molar refractivity (Wildman–Crippen MR) is 102 cm³/mol. The van der Waals surface area contributed by atoms with Crippen molar-refractivity contribution in [3.8, 4) is 0 Å². The smallest absolute Gasteiger partial charge is 0.238 e. The minimum atomic E-state index is -3.57. The van der Waals surface area contributed by atoms with E-state index in [2.05, 4.69) is 4.72 Å². The molecule has 2 heterocycles. The van der Waals surface area contributed by atoms with Crippen molar-refractivity contribution in [2.45, 2.75) is 13.5 Å². The summed E-state index contributed by atoms with van der Waals surface area (Å²) in [6, 6.07) is 14.2. The van der Waals surface area contributed by atoms with Crippen molar-refractivity contribution >= 4 is 33.2 Å². The molecule has 0 aliphatic heterocycles. The Balaban J connectivity index is 1.61. The lowest BCUT2D eigenvalue weighted by Gasteiger charge is -2.01. The standard InChI is InChI=1S/C19H17NO4S2/c1-14-4-6-15(7-5-14)10-12-26(22,23)20-13-16-8-9-18(25-16)19(21)17-3-2-11-24-17/h2-12,20H,13H2,1H3/b12-10+. The van der Waals surface area contributed by atoms with Gasteiger partial charge in [-0.15, -0.1) is 11.3 Å². The van der Waals surface area contributed by atoms with E-state index in [0.717, 1.165) is 21.4 Å². The van der Waals surface area contributed by atoms with Crippen LogP contribution in [-0.2, 0) is 16.6 Å². The minimum Gasteiger partial charge on any atom is -0.461 e. The van der Waals surface area contributed by atoms with Crippen molar-refractivity contribution < 1.29 is 17.6 Å². The van der Waals surface area contributed by atoms with E-state index < -0.39 is 10.0 Å². The summed E-state index contributed by atoms with van der Waals surface area (Å²) < 4.78 is 31.8. The predicted octanol–water partition coefficient (Wildman–Crippen LogP) is 3.97. The van der Waals surface area contributed by atoms with Gasteiger partial charge < -0.3 is 4.42 Å².